The van der Waals surface area contributed by atoms with Gasteiger partial charge in [0.25, 0.3) is 11.5 Å². The minimum Gasteiger partial charge on any atom is -0.504 e. The van der Waals surface area contributed by atoms with Gasteiger partial charge in [-0.25, -0.2) is 14.1 Å². The first-order chi connectivity index (χ1) is 13.5. The number of aromatic nitrogens is 4. The van der Waals surface area contributed by atoms with Gasteiger partial charge in [0.2, 0.25) is 0 Å². The van der Waals surface area contributed by atoms with Crippen molar-refractivity contribution in [2.45, 2.75) is 26.4 Å². The van der Waals surface area contributed by atoms with Crippen molar-refractivity contribution in [2.75, 3.05) is 6.54 Å². The third kappa shape index (κ3) is 3.04. The van der Waals surface area contributed by atoms with Crippen LogP contribution in [0.25, 0.3) is 5.69 Å². The number of benzene rings is 1. The van der Waals surface area contributed by atoms with E-state index in [1.807, 2.05) is 6.92 Å². The lowest BCUT2D eigenvalue weighted by Gasteiger charge is -2.27. The normalized spacial score (nSPS) is 13.4. The molecule has 2 aromatic heterocycles. The molecular weight excluding hydrogens is 365 g/mol. The molecule has 3 aromatic rings. The third-order valence-electron chi connectivity index (χ3n) is 4.79. The molecule has 1 aliphatic rings. The highest BCUT2D eigenvalue weighted by Crippen LogP contribution is 2.23. The minimum absolute atomic E-state index is 0.0853. The number of amides is 1. The lowest BCUT2D eigenvalue weighted by molar-refractivity contribution is 0.0721. The summed E-state index contributed by atoms with van der Waals surface area (Å²) in [6.07, 6.45) is 3.13. The van der Waals surface area contributed by atoms with Crippen LogP contribution in [0.5, 0.6) is 5.75 Å². The van der Waals surface area contributed by atoms with Crippen LogP contribution in [0.4, 0.5) is 4.39 Å². The Hall–Kier alpha value is -3.49. The van der Waals surface area contributed by atoms with E-state index in [4.69, 9.17) is 0 Å². The molecule has 144 valence electrons. The van der Waals surface area contributed by atoms with Crippen molar-refractivity contribution in [2.24, 2.45) is 0 Å². The fraction of sp³-hybridized carbons (Fsp3) is 0.263. The number of aromatic hydroxyl groups is 1. The highest BCUT2D eigenvalue weighted by molar-refractivity contribution is 5.95. The highest BCUT2D eigenvalue weighted by atomic mass is 19.1. The van der Waals surface area contributed by atoms with E-state index in [0.717, 1.165) is 0 Å². The summed E-state index contributed by atoms with van der Waals surface area (Å²) in [6.45, 7) is 2.89. The van der Waals surface area contributed by atoms with E-state index in [1.54, 1.807) is 6.07 Å². The summed E-state index contributed by atoms with van der Waals surface area (Å²) in [5.41, 5.74) is 1.34. The fourth-order valence-corrected chi connectivity index (χ4v) is 3.28. The molecule has 1 aliphatic heterocycles. The first-order valence-electron chi connectivity index (χ1n) is 8.89. The number of hydrogen-bond donors (Lipinski definition) is 1. The van der Waals surface area contributed by atoms with E-state index in [1.165, 1.54) is 44.9 Å². The molecule has 8 nitrogen and oxygen atoms in total. The molecule has 0 atom stereocenters. The molecule has 0 saturated heterocycles. The number of aryl methyl sites for hydroxylation is 1. The molecule has 28 heavy (non-hydrogen) atoms. The second-order valence-electron chi connectivity index (χ2n) is 6.53. The fourth-order valence-electron chi connectivity index (χ4n) is 3.28. The number of hydrogen-bond acceptors (Lipinski definition) is 5. The number of carbonyl (C=O) groups is 1. The van der Waals surface area contributed by atoms with Gasteiger partial charge in [0.15, 0.2) is 11.4 Å². The molecule has 0 radical (unpaired) electrons. The maximum atomic E-state index is 13.4. The summed E-state index contributed by atoms with van der Waals surface area (Å²) in [5.74, 6) is -1.22. The average Bonchev–Trinajstić information content (AvgIpc) is 3.09. The predicted molar refractivity (Wildman–Crippen MR) is 97.8 cm³/mol. The number of fused-ring (bicyclic) bond motifs is 1. The quantitative estimate of drug-likeness (QED) is 0.740. The van der Waals surface area contributed by atoms with E-state index in [0.29, 0.717) is 36.5 Å². The van der Waals surface area contributed by atoms with Gasteiger partial charge in [-0.15, -0.1) is 0 Å². The molecule has 9 heteroatoms. The predicted octanol–water partition coefficient (Wildman–Crippen LogP) is 1.49. The molecule has 0 saturated carbocycles. The van der Waals surface area contributed by atoms with Gasteiger partial charge in [-0.1, -0.05) is 6.07 Å². The van der Waals surface area contributed by atoms with Crippen molar-refractivity contribution < 1.29 is 14.3 Å². The van der Waals surface area contributed by atoms with Crippen molar-refractivity contribution in [3.63, 3.8) is 0 Å². The zero-order chi connectivity index (χ0) is 19.8. The Morgan fingerprint density at radius 1 is 1.36 bits per heavy atom. The molecule has 1 N–H and O–H groups in total. The maximum Gasteiger partial charge on any atom is 0.278 e. The van der Waals surface area contributed by atoms with Crippen molar-refractivity contribution in [1.82, 2.24) is 24.2 Å². The molecule has 0 bridgehead atoms. The second kappa shape index (κ2) is 6.91. The topological polar surface area (TPSA) is 93.3 Å². The van der Waals surface area contributed by atoms with Crippen LogP contribution in [0.1, 0.15) is 28.7 Å². The first kappa shape index (κ1) is 17.9. The Morgan fingerprint density at radius 2 is 2.18 bits per heavy atom. The van der Waals surface area contributed by atoms with Crippen LogP contribution in [0.3, 0.4) is 0 Å². The van der Waals surface area contributed by atoms with Crippen LogP contribution in [0.15, 0.2) is 41.6 Å². The Kier molecular flexibility index (Phi) is 4.42. The van der Waals surface area contributed by atoms with Crippen LogP contribution in [0, 0.1) is 5.82 Å². The summed E-state index contributed by atoms with van der Waals surface area (Å²) < 4.78 is 16.2. The maximum absolute atomic E-state index is 13.4. The van der Waals surface area contributed by atoms with E-state index in [9.17, 15) is 19.1 Å². The molecular formula is C19H18FN5O3. The van der Waals surface area contributed by atoms with Gasteiger partial charge in [0.1, 0.15) is 5.82 Å². The minimum atomic E-state index is -0.472. The number of rotatable bonds is 3. The lowest BCUT2D eigenvalue weighted by atomic mass is 10.1. The van der Waals surface area contributed by atoms with Gasteiger partial charge in [0, 0.05) is 18.7 Å². The number of nitrogens with zero attached hydrogens (tertiary/aromatic N) is 5. The number of carbonyl (C=O) groups excluding carboxylic acids is 1. The summed E-state index contributed by atoms with van der Waals surface area (Å²) >= 11 is 0. The molecule has 0 unspecified atom stereocenters. The SMILES string of the molecule is CCn1cnc2c(c1=O)CCN(C(=O)c1nn(-c3cccc(F)c3)cc1O)C2. The highest BCUT2D eigenvalue weighted by Gasteiger charge is 2.28. The lowest BCUT2D eigenvalue weighted by Crippen LogP contribution is -2.40. The van der Waals surface area contributed by atoms with Crippen molar-refractivity contribution in [3.8, 4) is 11.4 Å². The van der Waals surface area contributed by atoms with E-state index in [2.05, 4.69) is 10.1 Å². The van der Waals surface area contributed by atoms with Crippen molar-refractivity contribution in [3.05, 3.63) is 69.9 Å². The third-order valence-corrected chi connectivity index (χ3v) is 4.79. The zero-order valence-corrected chi connectivity index (χ0v) is 15.2. The molecule has 4 rings (SSSR count). The second-order valence-corrected chi connectivity index (χ2v) is 6.53. The Labute approximate surface area is 159 Å². The van der Waals surface area contributed by atoms with E-state index < -0.39 is 11.7 Å². The van der Waals surface area contributed by atoms with Gasteiger partial charge in [-0.2, -0.15) is 5.10 Å². The molecule has 0 fully saturated rings. The molecule has 0 spiro atoms. The van der Waals surface area contributed by atoms with Crippen LogP contribution in [-0.4, -0.2) is 41.8 Å². The monoisotopic (exact) mass is 383 g/mol. The summed E-state index contributed by atoms with van der Waals surface area (Å²) in [6, 6.07) is 5.68. The smallest absolute Gasteiger partial charge is 0.278 e. The molecule has 0 aliphatic carbocycles. The molecule has 1 amide bonds. The van der Waals surface area contributed by atoms with Crippen LogP contribution >= 0.6 is 0 Å². The molecule has 1 aromatic carbocycles. The summed E-state index contributed by atoms with van der Waals surface area (Å²) in [5, 5.41) is 14.3. The average molecular weight is 383 g/mol. The Balaban J connectivity index is 1.61. The largest absolute Gasteiger partial charge is 0.504 e. The van der Waals surface area contributed by atoms with Crippen LogP contribution < -0.4 is 5.56 Å². The van der Waals surface area contributed by atoms with Crippen molar-refractivity contribution >= 4 is 5.91 Å². The van der Waals surface area contributed by atoms with Gasteiger partial charge in [-0.05, 0) is 31.5 Å². The van der Waals surface area contributed by atoms with Gasteiger partial charge < -0.3 is 10.0 Å². The number of halogens is 1. The van der Waals surface area contributed by atoms with Gasteiger partial charge >= 0.3 is 0 Å². The Morgan fingerprint density at radius 3 is 2.93 bits per heavy atom. The van der Waals surface area contributed by atoms with Gasteiger partial charge in [-0.3, -0.25) is 14.2 Å². The first-order valence-corrected chi connectivity index (χ1v) is 8.89. The summed E-state index contributed by atoms with van der Waals surface area (Å²) in [7, 11) is 0. The molecule has 3 heterocycles. The Bertz CT molecular complexity index is 1120. The van der Waals surface area contributed by atoms with Crippen LogP contribution in [0.2, 0.25) is 0 Å². The van der Waals surface area contributed by atoms with E-state index >= 15 is 0 Å². The van der Waals surface area contributed by atoms with Crippen molar-refractivity contribution in [1.29, 1.82) is 0 Å². The van der Waals surface area contributed by atoms with Gasteiger partial charge in [0.05, 0.1) is 30.5 Å². The summed E-state index contributed by atoms with van der Waals surface area (Å²) in [4.78, 5) is 31.0. The zero-order valence-electron chi connectivity index (χ0n) is 15.2. The standard InChI is InChI=1S/C19H18FN5O3/c1-2-23-11-21-15-9-24(7-6-14(15)18(23)27)19(28)17-16(26)10-25(22-17)13-5-3-4-12(20)8-13/h3-5,8,10-11,26H,2,6-7,9H2,1H3. The van der Waals surface area contributed by atoms with Crippen LogP contribution in [-0.2, 0) is 19.5 Å². The van der Waals surface area contributed by atoms with E-state index in [-0.39, 0.29) is 23.5 Å².